The number of hydrogen-bond acceptors (Lipinski definition) is 6. The molecule has 0 bridgehead atoms. The SMILES string of the molecule is CCC(OC)C(=O)NC1CCOC2(CCS(=O)(=NC(=O)c3ccoc3Cl)CC2)C1. The van der Waals surface area contributed by atoms with Crippen LogP contribution < -0.4 is 5.32 Å². The normalized spacial score (nSPS) is 30.7. The summed E-state index contributed by atoms with van der Waals surface area (Å²) in [5.74, 6) is -0.200. The molecule has 1 aromatic heterocycles. The fourth-order valence-corrected chi connectivity index (χ4v) is 6.27. The summed E-state index contributed by atoms with van der Waals surface area (Å²) >= 11 is 5.81. The average molecular weight is 447 g/mol. The second-order valence-corrected chi connectivity index (χ2v) is 10.4. The van der Waals surface area contributed by atoms with Crippen LogP contribution in [0.4, 0.5) is 0 Å². The lowest BCUT2D eigenvalue weighted by Gasteiger charge is -2.44. The van der Waals surface area contributed by atoms with Crippen LogP contribution in [0, 0.1) is 0 Å². The number of nitrogens with zero attached hydrogens (tertiary/aromatic N) is 1. The molecule has 0 aromatic carbocycles. The zero-order chi connectivity index (χ0) is 21.1. The number of ether oxygens (including phenoxy) is 2. The summed E-state index contributed by atoms with van der Waals surface area (Å²) in [4.78, 5) is 24.6. The van der Waals surface area contributed by atoms with Gasteiger partial charge < -0.3 is 19.2 Å². The van der Waals surface area contributed by atoms with Gasteiger partial charge in [0, 0.05) is 31.3 Å². The van der Waals surface area contributed by atoms with E-state index in [0.717, 1.165) is 6.42 Å². The third-order valence-electron chi connectivity index (χ3n) is 5.64. The van der Waals surface area contributed by atoms with Crippen molar-refractivity contribution in [3.63, 3.8) is 0 Å². The van der Waals surface area contributed by atoms with Gasteiger partial charge in [0.15, 0.2) is 0 Å². The number of hydrogen-bond donors (Lipinski definition) is 1. The van der Waals surface area contributed by atoms with Crippen molar-refractivity contribution in [1.82, 2.24) is 5.32 Å². The van der Waals surface area contributed by atoms with Gasteiger partial charge in [-0.25, -0.2) is 4.21 Å². The molecule has 10 heteroatoms. The van der Waals surface area contributed by atoms with Crippen LogP contribution in [0.5, 0.6) is 0 Å². The number of methoxy groups -OCH3 is 1. The summed E-state index contributed by atoms with van der Waals surface area (Å²) in [5, 5.41) is 3.00. The molecule has 1 N–H and O–H groups in total. The van der Waals surface area contributed by atoms with Crippen molar-refractivity contribution in [2.24, 2.45) is 4.36 Å². The standard InChI is InChI=1S/C19H27ClN2O6S/c1-3-15(26-2)18(24)21-13-4-9-28-19(12-13)6-10-29(25,11-7-19)22-17(23)14-5-8-27-16(14)20/h5,8,13,15H,3-4,6-7,9-12H2,1-2H3,(H,21,24). The molecule has 3 rings (SSSR count). The maximum atomic E-state index is 13.1. The molecule has 0 saturated carbocycles. The summed E-state index contributed by atoms with van der Waals surface area (Å²) in [6.45, 7) is 2.43. The first kappa shape index (κ1) is 22.3. The van der Waals surface area contributed by atoms with Gasteiger partial charge in [-0.3, -0.25) is 9.59 Å². The minimum absolute atomic E-state index is 0.0158. The molecule has 2 atom stereocenters. The van der Waals surface area contributed by atoms with Gasteiger partial charge in [0.25, 0.3) is 5.91 Å². The van der Waals surface area contributed by atoms with Crippen LogP contribution in [0.25, 0.3) is 0 Å². The van der Waals surface area contributed by atoms with E-state index in [1.807, 2.05) is 6.92 Å². The highest BCUT2D eigenvalue weighted by Crippen LogP contribution is 2.36. The molecule has 8 nitrogen and oxygen atoms in total. The molecule has 162 valence electrons. The predicted octanol–water partition coefficient (Wildman–Crippen LogP) is 2.79. The zero-order valence-corrected chi connectivity index (χ0v) is 18.2. The first-order chi connectivity index (χ1) is 13.8. The van der Waals surface area contributed by atoms with Crippen LogP contribution in [0.15, 0.2) is 21.1 Å². The van der Waals surface area contributed by atoms with Crippen molar-refractivity contribution in [3.05, 3.63) is 23.1 Å². The Morgan fingerprint density at radius 1 is 1.45 bits per heavy atom. The summed E-state index contributed by atoms with van der Waals surface area (Å²) in [6, 6.07) is 1.40. The van der Waals surface area contributed by atoms with E-state index in [1.165, 1.54) is 19.4 Å². The summed E-state index contributed by atoms with van der Waals surface area (Å²) in [7, 11) is -1.16. The Balaban J connectivity index is 1.63. The Morgan fingerprint density at radius 2 is 2.17 bits per heavy atom. The lowest BCUT2D eigenvalue weighted by atomic mass is 9.85. The Bertz CT molecular complexity index is 858. The van der Waals surface area contributed by atoms with Crippen molar-refractivity contribution < 1.29 is 27.7 Å². The molecular formula is C19H27ClN2O6S. The second-order valence-electron chi connectivity index (χ2n) is 7.55. The van der Waals surface area contributed by atoms with E-state index in [-0.39, 0.29) is 34.2 Å². The van der Waals surface area contributed by atoms with Crippen molar-refractivity contribution in [1.29, 1.82) is 0 Å². The molecule has 3 heterocycles. The Labute approximate surface area is 175 Å². The van der Waals surface area contributed by atoms with E-state index in [1.54, 1.807) is 0 Å². The summed E-state index contributed by atoms with van der Waals surface area (Å²) < 4.78 is 33.2. The Morgan fingerprint density at radius 3 is 2.76 bits per heavy atom. The van der Waals surface area contributed by atoms with Crippen molar-refractivity contribution in [3.8, 4) is 0 Å². The van der Waals surface area contributed by atoms with E-state index in [9.17, 15) is 13.8 Å². The van der Waals surface area contributed by atoms with E-state index >= 15 is 0 Å². The molecule has 2 saturated heterocycles. The molecule has 1 aromatic rings. The van der Waals surface area contributed by atoms with Crippen molar-refractivity contribution >= 4 is 33.1 Å². The predicted molar refractivity (Wildman–Crippen MR) is 109 cm³/mol. The quantitative estimate of drug-likeness (QED) is 0.745. The van der Waals surface area contributed by atoms with Crippen LogP contribution in [0.3, 0.4) is 0 Å². The second kappa shape index (κ2) is 9.16. The van der Waals surface area contributed by atoms with Gasteiger partial charge in [0.05, 0.1) is 21.6 Å². The molecule has 2 aliphatic heterocycles. The molecule has 29 heavy (non-hydrogen) atoms. The molecule has 2 aliphatic rings. The Kier molecular flexibility index (Phi) is 7.03. The monoisotopic (exact) mass is 446 g/mol. The Hall–Kier alpha value is -1.42. The molecular weight excluding hydrogens is 420 g/mol. The van der Waals surface area contributed by atoms with Crippen molar-refractivity contribution in [2.45, 2.75) is 56.8 Å². The largest absolute Gasteiger partial charge is 0.452 e. The summed E-state index contributed by atoms with van der Waals surface area (Å²) in [5.41, 5.74) is -0.326. The smallest absolute Gasteiger partial charge is 0.289 e. The lowest BCUT2D eigenvalue weighted by Crippen LogP contribution is -2.53. The van der Waals surface area contributed by atoms with Gasteiger partial charge in [-0.15, -0.1) is 0 Å². The highest BCUT2D eigenvalue weighted by Gasteiger charge is 2.42. The number of rotatable bonds is 5. The maximum absolute atomic E-state index is 13.1. The highest BCUT2D eigenvalue weighted by molar-refractivity contribution is 7.93. The topological polar surface area (TPSA) is 107 Å². The van der Waals surface area contributed by atoms with Crippen molar-refractivity contribution in [2.75, 3.05) is 25.2 Å². The van der Waals surface area contributed by atoms with Gasteiger partial charge in [0.2, 0.25) is 11.1 Å². The number of nitrogens with one attached hydrogen (secondary N) is 1. The first-order valence-corrected chi connectivity index (χ1v) is 12.0. The van der Waals surface area contributed by atoms with E-state index < -0.39 is 27.3 Å². The van der Waals surface area contributed by atoms with E-state index in [2.05, 4.69) is 9.68 Å². The van der Waals surface area contributed by atoms with E-state index in [0.29, 0.717) is 32.3 Å². The van der Waals surface area contributed by atoms with Gasteiger partial charge in [-0.1, -0.05) is 6.92 Å². The number of halogens is 1. The highest BCUT2D eigenvalue weighted by atomic mass is 35.5. The van der Waals surface area contributed by atoms with Crippen LogP contribution in [-0.2, 0) is 24.0 Å². The minimum Gasteiger partial charge on any atom is -0.452 e. The number of furan rings is 1. The zero-order valence-electron chi connectivity index (χ0n) is 16.6. The fraction of sp³-hybridized carbons (Fsp3) is 0.684. The lowest BCUT2D eigenvalue weighted by molar-refractivity contribution is -0.135. The van der Waals surface area contributed by atoms with Gasteiger partial charge in [-0.05, 0) is 49.8 Å². The fourth-order valence-electron chi connectivity index (χ4n) is 3.91. The molecule has 2 fully saturated rings. The average Bonchev–Trinajstić information content (AvgIpc) is 3.12. The number of amides is 2. The van der Waals surface area contributed by atoms with Crippen LogP contribution in [0.1, 0.15) is 49.4 Å². The van der Waals surface area contributed by atoms with Gasteiger partial charge in [-0.2, -0.15) is 4.36 Å². The molecule has 1 spiro atoms. The molecule has 2 unspecified atom stereocenters. The number of carbonyl (C=O) groups excluding carboxylic acids is 2. The summed E-state index contributed by atoms with van der Waals surface area (Å²) in [6.07, 6.45) is 3.87. The third-order valence-corrected chi connectivity index (χ3v) is 8.11. The first-order valence-electron chi connectivity index (χ1n) is 9.77. The van der Waals surface area contributed by atoms with Gasteiger partial charge >= 0.3 is 0 Å². The maximum Gasteiger partial charge on any atom is 0.289 e. The van der Waals surface area contributed by atoms with Crippen LogP contribution in [0.2, 0.25) is 5.22 Å². The van der Waals surface area contributed by atoms with E-state index in [4.69, 9.17) is 25.5 Å². The minimum atomic E-state index is -2.68. The van der Waals surface area contributed by atoms with Crippen LogP contribution in [-0.4, -0.2) is 59.0 Å². The number of carbonyl (C=O) groups is 2. The van der Waals surface area contributed by atoms with Crippen LogP contribution >= 0.6 is 11.6 Å². The molecule has 0 radical (unpaired) electrons. The molecule has 2 amide bonds. The third kappa shape index (κ3) is 5.20. The molecule has 0 aliphatic carbocycles. The van der Waals surface area contributed by atoms with Gasteiger partial charge in [0.1, 0.15) is 11.7 Å².